The predicted octanol–water partition coefficient (Wildman–Crippen LogP) is 17.8. The van der Waals surface area contributed by atoms with Gasteiger partial charge in [0.05, 0.1) is 16.7 Å². The Hall–Kier alpha value is -8.20. The van der Waals surface area contributed by atoms with Crippen LogP contribution in [0.4, 0.5) is 17.1 Å². The largest absolute Gasteiger partial charge is 0.310 e. The van der Waals surface area contributed by atoms with E-state index in [9.17, 15) is 0 Å². The zero-order chi connectivity index (χ0) is 44.3. The lowest BCUT2D eigenvalue weighted by Gasteiger charge is -2.30. The summed E-state index contributed by atoms with van der Waals surface area (Å²) < 4.78 is 2.41. The van der Waals surface area contributed by atoms with Gasteiger partial charge in [0.15, 0.2) is 0 Å². The molecule has 0 unspecified atom stereocenters. The van der Waals surface area contributed by atoms with E-state index in [1.807, 2.05) is 0 Å². The minimum atomic E-state index is 0.0931. The molecule has 2 nitrogen and oxygen atoms in total. The zero-order valence-electron chi connectivity index (χ0n) is 37.3. The van der Waals surface area contributed by atoms with Crippen LogP contribution in [0.25, 0.3) is 83.1 Å². The fourth-order valence-electron chi connectivity index (χ4n) is 11.9. The molecular weight excluding hydrogens is 809 g/mol. The van der Waals surface area contributed by atoms with E-state index < -0.39 is 0 Å². The van der Waals surface area contributed by atoms with Crippen LogP contribution in [-0.2, 0) is 5.41 Å². The molecule has 1 fully saturated rings. The highest BCUT2D eigenvalue weighted by Gasteiger charge is 2.45. The normalized spacial score (nSPS) is 13.6. The molecule has 13 rings (SSSR count). The van der Waals surface area contributed by atoms with Crippen LogP contribution >= 0.6 is 0 Å². The third-order valence-corrected chi connectivity index (χ3v) is 14.8. The number of hydrogen-bond donors (Lipinski definition) is 0. The van der Waals surface area contributed by atoms with Gasteiger partial charge >= 0.3 is 0 Å². The van der Waals surface area contributed by atoms with E-state index in [2.05, 4.69) is 252 Å². The van der Waals surface area contributed by atoms with Gasteiger partial charge in [0.2, 0.25) is 0 Å². The van der Waals surface area contributed by atoms with Gasteiger partial charge in [-0.15, -0.1) is 0 Å². The molecule has 11 aromatic rings. The van der Waals surface area contributed by atoms with E-state index >= 15 is 0 Å². The smallest absolute Gasteiger partial charge is 0.0547 e. The molecule has 2 aliphatic rings. The van der Waals surface area contributed by atoms with Crippen LogP contribution in [0.15, 0.2) is 243 Å². The van der Waals surface area contributed by atoms with Gasteiger partial charge in [0.25, 0.3) is 0 Å². The number of nitrogens with zero attached hydrogens (tertiary/aromatic N) is 2. The molecule has 10 aromatic carbocycles. The number of anilines is 3. The Labute approximate surface area is 392 Å². The maximum Gasteiger partial charge on any atom is 0.0547 e. The van der Waals surface area contributed by atoms with Gasteiger partial charge in [0.1, 0.15) is 0 Å². The molecule has 1 saturated carbocycles. The standard InChI is InChI=1S/C65H48N2/c1-3-21-45(22-4-1)50-27-7-8-28-52(50)53-29-9-10-30-54(53)56-32-12-15-36-61(56)66(49-39-40-60-58(44-49)55-31-11-14-35-59(55)65(60)41-17-18-42-65)48-26-19-23-46(43-48)51-34-20-38-63-64(51)57-33-13-16-37-62(57)67(63)47-24-5-2-6-25-47/h1-16,19-40,43-44H,17-18,41-42H2. The monoisotopic (exact) mass is 856 g/mol. The van der Waals surface area contributed by atoms with Crippen molar-refractivity contribution in [2.45, 2.75) is 31.1 Å². The number of aromatic nitrogens is 1. The van der Waals surface area contributed by atoms with Gasteiger partial charge in [0, 0.05) is 38.8 Å². The Morgan fingerprint density at radius 3 is 1.67 bits per heavy atom. The first-order valence-corrected chi connectivity index (χ1v) is 23.8. The fourth-order valence-corrected chi connectivity index (χ4v) is 11.9. The van der Waals surface area contributed by atoms with E-state index in [0.29, 0.717) is 0 Å². The summed E-state index contributed by atoms with van der Waals surface area (Å²) >= 11 is 0. The molecule has 2 heteroatoms. The van der Waals surface area contributed by atoms with Crippen molar-refractivity contribution in [1.82, 2.24) is 4.57 Å². The lowest BCUT2D eigenvalue weighted by atomic mass is 9.77. The van der Waals surface area contributed by atoms with Crippen molar-refractivity contribution in [2.75, 3.05) is 4.90 Å². The van der Waals surface area contributed by atoms with Crippen molar-refractivity contribution >= 4 is 38.9 Å². The van der Waals surface area contributed by atoms with E-state index in [0.717, 1.165) is 22.7 Å². The van der Waals surface area contributed by atoms with Crippen molar-refractivity contribution in [3.63, 3.8) is 0 Å². The van der Waals surface area contributed by atoms with E-state index in [1.165, 1.54) is 114 Å². The summed E-state index contributed by atoms with van der Waals surface area (Å²) in [4.78, 5) is 2.52. The second-order valence-corrected chi connectivity index (χ2v) is 18.3. The van der Waals surface area contributed by atoms with E-state index in [-0.39, 0.29) is 5.41 Å². The number of para-hydroxylation sites is 3. The van der Waals surface area contributed by atoms with Crippen LogP contribution in [0.5, 0.6) is 0 Å². The van der Waals surface area contributed by atoms with E-state index in [1.54, 1.807) is 0 Å². The van der Waals surface area contributed by atoms with Gasteiger partial charge in [-0.1, -0.05) is 201 Å². The number of benzene rings is 10. The summed E-state index contributed by atoms with van der Waals surface area (Å²) in [6, 6.07) is 89.8. The minimum absolute atomic E-state index is 0.0931. The molecule has 1 spiro atoms. The molecule has 0 aliphatic heterocycles. The molecule has 0 radical (unpaired) electrons. The molecule has 0 N–H and O–H groups in total. The highest BCUT2D eigenvalue weighted by molar-refractivity contribution is 6.16. The molecule has 1 aromatic heterocycles. The molecule has 0 atom stereocenters. The minimum Gasteiger partial charge on any atom is -0.310 e. The highest BCUT2D eigenvalue weighted by atomic mass is 15.1. The summed E-state index contributed by atoms with van der Waals surface area (Å²) in [5.41, 5.74) is 22.4. The van der Waals surface area contributed by atoms with Crippen LogP contribution in [0.1, 0.15) is 36.8 Å². The molecular formula is C65H48N2. The second-order valence-electron chi connectivity index (χ2n) is 18.3. The first-order chi connectivity index (χ1) is 33.2. The summed E-state index contributed by atoms with van der Waals surface area (Å²) in [6.45, 7) is 0. The van der Waals surface area contributed by atoms with Crippen LogP contribution in [0, 0.1) is 0 Å². The van der Waals surface area contributed by atoms with E-state index in [4.69, 9.17) is 0 Å². The third kappa shape index (κ3) is 6.32. The molecule has 0 saturated heterocycles. The second kappa shape index (κ2) is 16.0. The zero-order valence-corrected chi connectivity index (χ0v) is 37.3. The molecule has 2 aliphatic carbocycles. The van der Waals surface area contributed by atoms with Crippen LogP contribution in [0.2, 0.25) is 0 Å². The average molecular weight is 857 g/mol. The molecule has 318 valence electrons. The van der Waals surface area contributed by atoms with Gasteiger partial charge in [-0.3, -0.25) is 0 Å². The van der Waals surface area contributed by atoms with Crippen LogP contribution in [0.3, 0.4) is 0 Å². The topological polar surface area (TPSA) is 8.17 Å². The van der Waals surface area contributed by atoms with Gasteiger partial charge < -0.3 is 9.47 Å². The van der Waals surface area contributed by atoms with Gasteiger partial charge in [-0.25, -0.2) is 0 Å². The van der Waals surface area contributed by atoms with Crippen molar-refractivity contribution in [2.24, 2.45) is 0 Å². The van der Waals surface area contributed by atoms with Gasteiger partial charge in [-0.2, -0.15) is 0 Å². The van der Waals surface area contributed by atoms with Crippen molar-refractivity contribution in [3.8, 4) is 61.3 Å². The van der Waals surface area contributed by atoms with Gasteiger partial charge in [-0.05, 0) is 129 Å². The Kier molecular flexibility index (Phi) is 9.39. The maximum absolute atomic E-state index is 2.52. The lowest BCUT2D eigenvalue weighted by Crippen LogP contribution is -2.20. The van der Waals surface area contributed by atoms with Crippen molar-refractivity contribution in [3.05, 3.63) is 254 Å². The molecule has 1 heterocycles. The Bertz CT molecular complexity index is 3650. The molecule has 0 amide bonds. The number of fused-ring (bicyclic) bond motifs is 8. The molecule has 0 bridgehead atoms. The summed E-state index contributed by atoms with van der Waals surface area (Å²) in [5.74, 6) is 0. The molecule has 67 heavy (non-hydrogen) atoms. The number of hydrogen-bond acceptors (Lipinski definition) is 1. The lowest BCUT2D eigenvalue weighted by molar-refractivity contribution is 0.550. The Morgan fingerprint density at radius 2 is 0.881 bits per heavy atom. The first kappa shape index (κ1) is 39.2. The van der Waals surface area contributed by atoms with Crippen LogP contribution in [-0.4, -0.2) is 4.57 Å². The first-order valence-electron chi connectivity index (χ1n) is 23.8. The van der Waals surface area contributed by atoms with Crippen LogP contribution < -0.4 is 4.90 Å². The van der Waals surface area contributed by atoms with Crippen molar-refractivity contribution < 1.29 is 0 Å². The third-order valence-electron chi connectivity index (χ3n) is 14.8. The summed E-state index contributed by atoms with van der Waals surface area (Å²) in [7, 11) is 0. The van der Waals surface area contributed by atoms with Crippen molar-refractivity contribution in [1.29, 1.82) is 0 Å². The Morgan fingerprint density at radius 1 is 0.343 bits per heavy atom. The fraction of sp³-hybridized carbons (Fsp3) is 0.0769. The predicted molar refractivity (Wildman–Crippen MR) is 282 cm³/mol. The SMILES string of the molecule is c1ccc(-c2ccccc2-c2ccccc2-c2ccccc2N(c2cccc(-c3cccc4c3c3ccccc3n4-c3ccccc3)c2)c2ccc3c(c2)-c2ccccc2C32CCCC2)cc1. The summed E-state index contributed by atoms with van der Waals surface area (Å²) in [6.07, 6.45) is 4.95. The number of rotatable bonds is 8. The summed E-state index contributed by atoms with van der Waals surface area (Å²) in [5, 5.41) is 2.50. The average Bonchev–Trinajstić information content (AvgIpc) is 4.11. The highest BCUT2D eigenvalue weighted by Crippen LogP contribution is 2.58. The quantitative estimate of drug-likeness (QED) is 0.148. The maximum atomic E-state index is 2.52. The Balaban J connectivity index is 1.04.